The summed E-state index contributed by atoms with van der Waals surface area (Å²) in [5, 5.41) is 4.27. The number of nitrogens with two attached hydrogens (primary N) is 1. The van der Waals surface area contributed by atoms with Crippen molar-refractivity contribution in [3.8, 4) is 17.3 Å². The van der Waals surface area contributed by atoms with E-state index >= 15 is 0 Å². The maximum absolute atomic E-state index is 14.7. The van der Waals surface area contributed by atoms with E-state index in [1.54, 1.807) is 19.1 Å². The molecule has 1 aliphatic carbocycles. The van der Waals surface area contributed by atoms with Gasteiger partial charge in [-0.3, -0.25) is 9.18 Å². The summed E-state index contributed by atoms with van der Waals surface area (Å²) in [6, 6.07) is 9.79. The van der Waals surface area contributed by atoms with E-state index in [0.29, 0.717) is 33.7 Å². The molecule has 5 rings (SSSR count). The summed E-state index contributed by atoms with van der Waals surface area (Å²) in [6.07, 6.45) is 4.39. The van der Waals surface area contributed by atoms with Gasteiger partial charge in [-0.1, -0.05) is 6.07 Å². The number of nitrogens with zero attached hydrogens (tertiary/aromatic N) is 3. The summed E-state index contributed by atoms with van der Waals surface area (Å²) < 4.78 is 71.7. The zero-order chi connectivity index (χ0) is 29.3. The number of hydrogen-bond acceptors (Lipinski definition) is 7. The van der Waals surface area contributed by atoms with Crippen LogP contribution in [0.1, 0.15) is 39.0 Å². The van der Waals surface area contributed by atoms with Gasteiger partial charge in [0.15, 0.2) is 15.6 Å². The van der Waals surface area contributed by atoms with Crippen molar-refractivity contribution in [3.63, 3.8) is 0 Å². The second-order valence-corrected chi connectivity index (χ2v) is 11.9. The average Bonchev–Trinajstić information content (AvgIpc) is 3.51. The lowest BCUT2D eigenvalue weighted by atomic mass is 10.0. The monoisotopic (exact) mass is 582 g/mol. The second kappa shape index (κ2) is 11.2. The van der Waals surface area contributed by atoms with Crippen LogP contribution >= 0.6 is 0 Å². The van der Waals surface area contributed by atoms with Gasteiger partial charge in [-0.05, 0) is 66.4 Å². The molecule has 2 aromatic heterocycles. The van der Waals surface area contributed by atoms with Crippen molar-refractivity contribution in [3.05, 3.63) is 99.9 Å². The minimum Gasteiger partial charge on any atom is -0.439 e. The Morgan fingerprint density at radius 1 is 1.12 bits per heavy atom. The molecule has 0 amide bonds. The Kier molecular flexibility index (Phi) is 7.68. The molecule has 212 valence electrons. The molecule has 0 bridgehead atoms. The molecular formula is C29H25F3N4O4S. The first-order valence-electron chi connectivity index (χ1n) is 12.6. The van der Waals surface area contributed by atoms with Crippen molar-refractivity contribution < 1.29 is 31.1 Å². The number of hydrogen-bond donors (Lipinski definition) is 1. The molecule has 2 N–H and O–H groups in total. The zero-order valence-electron chi connectivity index (χ0n) is 21.9. The highest BCUT2D eigenvalue weighted by molar-refractivity contribution is 7.90. The Morgan fingerprint density at radius 2 is 1.88 bits per heavy atom. The van der Waals surface area contributed by atoms with Crippen molar-refractivity contribution in [2.75, 3.05) is 18.2 Å². The van der Waals surface area contributed by atoms with Crippen LogP contribution in [0.3, 0.4) is 0 Å². The first kappa shape index (κ1) is 28.1. The number of Topliss-reactive ketones (excluding diaryl/α,β-unsaturated/α-hetero) is 1. The Balaban J connectivity index is 1.33. The van der Waals surface area contributed by atoms with Crippen molar-refractivity contribution in [2.45, 2.75) is 25.5 Å². The molecule has 0 fully saturated rings. The number of alkyl halides is 1. The van der Waals surface area contributed by atoms with Crippen LogP contribution in [0.2, 0.25) is 0 Å². The first-order valence-corrected chi connectivity index (χ1v) is 14.4. The number of carbonyl (C=O) groups excluding carboxylic acids is 1. The molecule has 4 aromatic rings. The summed E-state index contributed by atoms with van der Waals surface area (Å²) >= 11 is 0. The SMILES string of the molecule is Cc1cc(Oc2ccc(F)cc2)ncc1-n1ncc(C(=O)C2=Cc3cc(F)c(CS(=O)(=O)CCCF)cc3C2)c1N. The van der Waals surface area contributed by atoms with Gasteiger partial charge in [0.1, 0.15) is 23.2 Å². The highest BCUT2D eigenvalue weighted by Gasteiger charge is 2.26. The molecular weight excluding hydrogens is 557 g/mol. The summed E-state index contributed by atoms with van der Waals surface area (Å²) in [5.41, 5.74) is 9.07. The van der Waals surface area contributed by atoms with Crippen LogP contribution in [0, 0.1) is 18.6 Å². The van der Waals surface area contributed by atoms with Crippen molar-refractivity contribution in [2.24, 2.45) is 0 Å². The molecule has 0 radical (unpaired) electrons. The Morgan fingerprint density at radius 3 is 2.59 bits per heavy atom. The van der Waals surface area contributed by atoms with E-state index in [1.165, 1.54) is 53.5 Å². The number of benzene rings is 2. The number of rotatable bonds is 10. The normalized spacial score (nSPS) is 12.7. The number of allylic oxidation sites excluding steroid dienone is 1. The maximum Gasteiger partial charge on any atom is 0.219 e. The number of anilines is 1. The molecule has 0 saturated carbocycles. The lowest BCUT2D eigenvalue weighted by Gasteiger charge is -2.11. The number of aromatic nitrogens is 3. The topological polar surface area (TPSA) is 117 Å². The number of ketones is 1. The third kappa shape index (κ3) is 6.02. The van der Waals surface area contributed by atoms with Crippen LogP contribution in [-0.4, -0.2) is 41.4 Å². The number of ether oxygens (including phenoxy) is 1. The molecule has 0 aliphatic heterocycles. The second-order valence-electron chi connectivity index (χ2n) is 9.67. The van der Waals surface area contributed by atoms with Crippen LogP contribution in [0.15, 0.2) is 60.4 Å². The predicted molar refractivity (Wildman–Crippen MR) is 147 cm³/mol. The van der Waals surface area contributed by atoms with Gasteiger partial charge in [-0.2, -0.15) is 5.10 Å². The smallest absolute Gasteiger partial charge is 0.219 e. The number of sulfone groups is 1. The quantitative estimate of drug-likeness (QED) is 0.251. The van der Waals surface area contributed by atoms with E-state index in [0.717, 1.165) is 0 Å². The summed E-state index contributed by atoms with van der Waals surface area (Å²) in [4.78, 5) is 17.6. The lowest BCUT2D eigenvalue weighted by Crippen LogP contribution is -2.11. The molecule has 8 nitrogen and oxygen atoms in total. The largest absolute Gasteiger partial charge is 0.439 e. The molecule has 0 saturated heterocycles. The number of halogens is 3. The van der Waals surface area contributed by atoms with Crippen molar-refractivity contribution in [1.82, 2.24) is 14.8 Å². The van der Waals surface area contributed by atoms with Crippen LogP contribution in [0.25, 0.3) is 11.8 Å². The third-order valence-electron chi connectivity index (χ3n) is 6.65. The Labute approximate surface area is 234 Å². The van der Waals surface area contributed by atoms with Crippen LogP contribution in [-0.2, 0) is 22.0 Å². The number of aryl methyl sites for hydroxylation is 1. The molecule has 0 unspecified atom stereocenters. The highest BCUT2D eigenvalue weighted by Crippen LogP contribution is 2.32. The van der Waals surface area contributed by atoms with Gasteiger partial charge in [0.2, 0.25) is 5.88 Å². The van der Waals surface area contributed by atoms with Crippen LogP contribution < -0.4 is 10.5 Å². The average molecular weight is 583 g/mol. The fraction of sp³-hybridized carbons (Fsp3) is 0.207. The molecule has 41 heavy (non-hydrogen) atoms. The minimum atomic E-state index is -3.68. The van der Waals surface area contributed by atoms with Crippen LogP contribution in [0.4, 0.5) is 19.0 Å². The molecule has 1 aliphatic rings. The zero-order valence-corrected chi connectivity index (χ0v) is 22.7. The fourth-order valence-electron chi connectivity index (χ4n) is 4.58. The maximum atomic E-state index is 14.7. The van der Waals surface area contributed by atoms with Gasteiger partial charge in [0, 0.05) is 23.6 Å². The van der Waals surface area contributed by atoms with E-state index in [2.05, 4.69) is 10.1 Å². The van der Waals surface area contributed by atoms with E-state index < -0.39 is 33.9 Å². The summed E-state index contributed by atoms with van der Waals surface area (Å²) in [6.45, 7) is 1.02. The summed E-state index contributed by atoms with van der Waals surface area (Å²) in [7, 11) is -3.68. The lowest BCUT2D eigenvalue weighted by molar-refractivity contribution is 0.103. The fourth-order valence-corrected chi connectivity index (χ4v) is 5.97. The number of carbonyl (C=O) groups is 1. The van der Waals surface area contributed by atoms with Gasteiger partial charge in [-0.15, -0.1) is 0 Å². The van der Waals surface area contributed by atoms with Gasteiger partial charge in [0.05, 0.1) is 41.8 Å². The molecule has 2 aromatic carbocycles. The number of fused-ring (bicyclic) bond motifs is 1. The molecule has 2 heterocycles. The predicted octanol–water partition coefficient (Wildman–Crippen LogP) is 5.33. The Hall–Kier alpha value is -4.45. The van der Waals surface area contributed by atoms with Crippen LogP contribution in [0.5, 0.6) is 11.6 Å². The van der Waals surface area contributed by atoms with E-state index in [-0.39, 0.29) is 47.2 Å². The highest BCUT2D eigenvalue weighted by atomic mass is 32.2. The van der Waals surface area contributed by atoms with Gasteiger partial charge in [-0.25, -0.2) is 26.9 Å². The van der Waals surface area contributed by atoms with Gasteiger partial charge >= 0.3 is 0 Å². The standard InChI is InChI=1S/C29H25F3N4O4S/c1-17-9-27(40-23-5-3-22(31)4-6-23)34-15-26(17)36-29(33)24(14-35-36)28(37)20-10-18-12-21(25(32)13-19(18)11-20)16-41(38,39)8-2-7-30/h3-6,9,11-15H,2,7-8,10,16,33H2,1H3. The summed E-state index contributed by atoms with van der Waals surface area (Å²) in [5.74, 6) is -1.65. The van der Waals surface area contributed by atoms with Gasteiger partial charge in [0.25, 0.3) is 0 Å². The number of nitrogen functional groups attached to an aromatic ring is 1. The van der Waals surface area contributed by atoms with E-state index in [1.807, 2.05) is 0 Å². The van der Waals surface area contributed by atoms with E-state index in [4.69, 9.17) is 10.5 Å². The van der Waals surface area contributed by atoms with Crippen molar-refractivity contribution in [1.29, 1.82) is 0 Å². The van der Waals surface area contributed by atoms with E-state index in [9.17, 15) is 26.4 Å². The Bertz CT molecular complexity index is 1780. The first-order chi connectivity index (χ1) is 19.5. The molecule has 0 spiro atoms. The van der Waals surface area contributed by atoms with Crippen molar-refractivity contribution >= 4 is 27.5 Å². The third-order valence-corrected chi connectivity index (χ3v) is 8.31. The minimum absolute atomic E-state index is 0.0214. The molecule has 0 atom stereocenters. The molecule has 12 heteroatoms. The van der Waals surface area contributed by atoms with Gasteiger partial charge < -0.3 is 10.5 Å². The number of pyridine rings is 1.